The number of nitrogens with zero attached hydrogens (tertiary/aromatic N) is 1. The topological polar surface area (TPSA) is 39.1 Å². The van der Waals surface area contributed by atoms with Crippen LogP contribution in [0, 0.1) is 6.92 Å². The van der Waals surface area contributed by atoms with Gasteiger partial charge in [0, 0.05) is 10.8 Å². The molecule has 0 saturated heterocycles. The highest BCUT2D eigenvalue weighted by molar-refractivity contribution is 7.90. The quantitative estimate of drug-likeness (QED) is 0.263. The first kappa shape index (κ1) is 21.4. The van der Waals surface area contributed by atoms with Crippen molar-refractivity contribution in [3.05, 3.63) is 127 Å². The van der Waals surface area contributed by atoms with Gasteiger partial charge in [0.05, 0.1) is 15.9 Å². The first-order valence-corrected chi connectivity index (χ1v) is 13.0. The zero-order chi connectivity index (χ0) is 24.0. The highest BCUT2D eigenvalue weighted by Gasteiger charge is 2.24. The first-order valence-electron chi connectivity index (χ1n) is 11.5. The summed E-state index contributed by atoms with van der Waals surface area (Å²) in [7, 11) is -3.80. The maximum absolute atomic E-state index is 13.9. The average Bonchev–Trinajstić information content (AvgIpc) is 3.24. The Bertz CT molecular complexity index is 1690. The minimum Gasteiger partial charge on any atom is -0.233 e. The van der Waals surface area contributed by atoms with E-state index in [2.05, 4.69) is 36.4 Å². The van der Waals surface area contributed by atoms with Crippen molar-refractivity contribution >= 4 is 31.8 Å². The van der Waals surface area contributed by atoms with Gasteiger partial charge in [0.25, 0.3) is 10.0 Å². The lowest BCUT2D eigenvalue weighted by atomic mass is 10.0. The van der Waals surface area contributed by atoms with Crippen LogP contribution in [0.3, 0.4) is 0 Å². The molecule has 0 unspecified atom stereocenters. The van der Waals surface area contributed by atoms with Crippen molar-refractivity contribution in [1.82, 2.24) is 3.97 Å². The van der Waals surface area contributed by atoms with Crippen molar-refractivity contribution in [3.8, 4) is 22.3 Å². The number of benzene rings is 5. The van der Waals surface area contributed by atoms with Crippen molar-refractivity contribution in [2.45, 2.75) is 11.8 Å². The fourth-order valence-corrected chi connectivity index (χ4v) is 6.21. The number of aromatic nitrogens is 1. The van der Waals surface area contributed by atoms with Gasteiger partial charge in [-0.1, -0.05) is 90.5 Å². The Morgan fingerprint density at radius 3 is 1.43 bits per heavy atom. The zero-order valence-corrected chi connectivity index (χ0v) is 20.0. The summed E-state index contributed by atoms with van der Waals surface area (Å²) in [5.74, 6) is 0. The van der Waals surface area contributed by atoms with Gasteiger partial charge >= 0.3 is 0 Å². The second-order valence-corrected chi connectivity index (χ2v) is 10.6. The van der Waals surface area contributed by atoms with Crippen LogP contribution in [-0.4, -0.2) is 12.4 Å². The zero-order valence-electron chi connectivity index (χ0n) is 19.2. The summed E-state index contributed by atoms with van der Waals surface area (Å²) < 4.78 is 29.3. The van der Waals surface area contributed by atoms with E-state index in [-0.39, 0.29) is 4.90 Å². The van der Waals surface area contributed by atoms with Gasteiger partial charge in [-0.25, -0.2) is 12.4 Å². The van der Waals surface area contributed by atoms with Crippen molar-refractivity contribution in [2.75, 3.05) is 0 Å². The molecule has 0 saturated carbocycles. The molecule has 1 aromatic heterocycles. The molecule has 0 aliphatic carbocycles. The molecule has 170 valence electrons. The lowest BCUT2D eigenvalue weighted by Crippen LogP contribution is -2.12. The van der Waals surface area contributed by atoms with Crippen LogP contribution in [0.1, 0.15) is 5.56 Å². The van der Waals surface area contributed by atoms with Gasteiger partial charge < -0.3 is 0 Å². The summed E-state index contributed by atoms with van der Waals surface area (Å²) in [6.45, 7) is 1.95. The van der Waals surface area contributed by atoms with E-state index in [0.717, 1.165) is 38.6 Å². The SMILES string of the molecule is Cc1ccc(S(=O)(=O)n2c3ccc(-c4ccccc4)cc3c3cc(-c4ccccc4)ccc32)cc1. The maximum Gasteiger partial charge on any atom is 0.268 e. The summed E-state index contributed by atoms with van der Waals surface area (Å²) in [4.78, 5) is 0.279. The molecule has 6 aromatic rings. The fraction of sp³-hybridized carbons (Fsp3) is 0.0323. The Kier molecular flexibility index (Phi) is 5.05. The maximum atomic E-state index is 13.9. The van der Waals surface area contributed by atoms with Crippen LogP contribution in [0.4, 0.5) is 0 Å². The second-order valence-electron chi connectivity index (χ2n) is 8.78. The molecule has 0 aliphatic rings. The summed E-state index contributed by atoms with van der Waals surface area (Å²) in [5, 5.41) is 1.82. The van der Waals surface area contributed by atoms with Crippen LogP contribution >= 0.6 is 0 Å². The second kappa shape index (κ2) is 8.26. The van der Waals surface area contributed by atoms with Crippen LogP contribution in [0.25, 0.3) is 44.1 Å². The number of hydrogen-bond donors (Lipinski definition) is 0. The molecule has 35 heavy (non-hydrogen) atoms. The molecule has 0 N–H and O–H groups in total. The first-order chi connectivity index (χ1) is 17.0. The fourth-order valence-electron chi connectivity index (χ4n) is 4.68. The molecule has 0 fully saturated rings. The van der Waals surface area contributed by atoms with Gasteiger partial charge in [-0.05, 0) is 65.6 Å². The molecule has 1 heterocycles. The largest absolute Gasteiger partial charge is 0.268 e. The highest BCUT2D eigenvalue weighted by Crippen LogP contribution is 2.37. The van der Waals surface area contributed by atoms with Crippen molar-refractivity contribution in [1.29, 1.82) is 0 Å². The molecular formula is C31H23NO2S. The molecule has 0 atom stereocenters. The van der Waals surface area contributed by atoms with E-state index in [1.165, 1.54) is 3.97 Å². The Labute approximate surface area is 205 Å². The summed E-state index contributed by atoms with van der Waals surface area (Å²) in [6.07, 6.45) is 0. The number of aryl methyl sites for hydroxylation is 1. The third-order valence-corrected chi connectivity index (χ3v) is 8.24. The highest BCUT2D eigenvalue weighted by atomic mass is 32.2. The van der Waals surface area contributed by atoms with Crippen LogP contribution in [-0.2, 0) is 10.0 Å². The van der Waals surface area contributed by atoms with E-state index >= 15 is 0 Å². The van der Waals surface area contributed by atoms with Gasteiger partial charge in [-0.15, -0.1) is 0 Å². The number of fused-ring (bicyclic) bond motifs is 3. The van der Waals surface area contributed by atoms with Crippen LogP contribution in [0.15, 0.2) is 126 Å². The lowest BCUT2D eigenvalue weighted by Gasteiger charge is -2.10. The van der Waals surface area contributed by atoms with Crippen molar-refractivity contribution < 1.29 is 8.42 Å². The van der Waals surface area contributed by atoms with Gasteiger partial charge in [0.15, 0.2) is 0 Å². The van der Waals surface area contributed by atoms with E-state index in [9.17, 15) is 8.42 Å². The van der Waals surface area contributed by atoms with Gasteiger partial charge in [-0.3, -0.25) is 0 Å². The molecule has 0 radical (unpaired) electrons. The predicted octanol–water partition coefficient (Wildman–Crippen LogP) is 7.67. The Morgan fingerprint density at radius 1 is 0.514 bits per heavy atom. The third kappa shape index (κ3) is 3.63. The Hall–Kier alpha value is -4.15. The van der Waals surface area contributed by atoms with Gasteiger partial charge in [0.1, 0.15) is 0 Å². The average molecular weight is 474 g/mol. The molecule has 0 amide bonds. The lowest BCUT2D eigenvalue weighted by molar-refractivity contribution is 0.590. The molecule has 4 heteroatoms. The third-order valence-electron chi connectivity index (χ3n) is 6.49. The molecule has 6 rings (SSSR count). The smallest absolute Gasteiger partial charge is 0.233 e. The molecule has 0 bridgehead atoms. The van der Waals surface area contributed by atoms with E-state index in [0.29, 0.717) is 11.0 Å². The standard InChI is InChI=1S/C31H23NO2S/c1-22-12-16-27(17-13-22)35(33,34)32-30-18-14-25(23-8-4-2-5-9-23)20-28(30)29-21-26(15-19-31(29)32)24-10-6-3-7-11-24/h2-21H,1H3. The monoisotopic (exact) mass is 473 g/mol. The number of hydrogen-bond acceptors (Lipinski definition) is 2. The number of rotatable bonds is 4. The van der Waals surface area contributed by atoms with E-state index < -0.39 is 10.0 Å². The molecule has 3 nitrogen and oxygen atoms in total. The van der Waals surface area contributed by atoms with E-state index in [4.69, 9.17) is 0 Å². The van der Waals surface area contributed by atoms with Crippen LogP contribution in [0.5, 0.6) is 0 Å². The molecule has 0 spiro atoms. The van der Waals surface area contributed by atoms with Crippen molar-refractivity contribution in [2.24, 2.45) is 0 Å². The van der Waals surface area contributed by atoms with E-state index in [1.807, 2.05) is 79.7 Å². The Morgan fingerprint density at radius 2 is 0.971 bits per heavy atom. The summed E-state index contributed by atoms with van der Waals surface area (Å²) in [6, 6.07) is 39.4. The summed E-state index contributed by atoms with van der Waals surface area (Å²) >= 11 is 0. The minimum atomic E-state index is -3.80. The normalized spacial score (nSPS) is 11.8. The van der Waals surface area contributed by atoms with E-state index in [1.54, 1.807) is 12.1 Å². The molecule has 0 aliphatic heterocycles. The molecule has 5 aromatic carbocycles. The van der Waals surface area contributed by atoms with Crippen molar-refractivity contribution in [3.63, 3.8) is 0 Å². The van der Waals surface area contributed by atoms with Crippen LogP contribution < -0.4 is 0 Å². The van der Waals surface area contributed by atoms with Gasteiger partial charge in [-0.2, -0.15) is 0 Å². The minimum absolute atomic E-state index is 0.279. The summed E-state index contributed by atoms with van der Waals surface area (Å²) in [5.41, 5.74) is 6.65. The molecular weight excluding hydrogens is 450 g/mol. The van der Waals surface area contributed by atoms with Gasteiger partial charge in [0.2, 0.25) is 0 Å². The Balaban J connectivity index is 1.67. The van der Waals surface area contributed by atoms with Crippen LogP contribution in [0.2, 0.25) is 0 Å². The predicted molar refractivity (Wildman–Crippen MR) is 144 cm³/mol.